The van der Waals surface area contributed by atoms with Crippen molar-refractivity contribution >= 4 is 28.1 Å². The molecule has 2 aromatic carbocycles. The summed E-state index contributed by atoms with van der Waals surface area (Å²) in [5.41, 5.74) is 5.23. The van der Waals surface area contributed by atoms with Crippen LogP contribution in [0.2, 0.25) is 0 Å². The van der Waals surface area contributed by atoms with E-state index in [2.05, 4.69) is 0 Å². The second-order valence-corrected chi connectivity index (χ2v) is 8.04. The summed E-state index contributed by atoms with van der Waals surface area (Å²) in [4.78, 5) is 38.2. The average Bonchev–Trinajstić information content (AvgIpc) is 2.66. The van der Waals surface area contributed by atoms with Gasteiger partial charge in [-0.3, -0.25) is 14.4 Å². The normalized spacial score (nSPS) is 26.5. The van der Waals surface area contributed by atoms with Crippen molar-refractivity contribution in [2.45, 2.75) is 33.2 Å². The molecule has 7 heteroatoms. The number of rotatable bonds is 1. The first kappa shape index (κ1) is 19.1. The number of aliphatic hydroxyl groups is 1. The number of benzene rings is 2. The molecule has 7 nitrogen and oxygen atoms in total. The van der Waals surface area contributed by atoms with Crippen LogP contribution in [0.3, 0.4) is 0 Å². The average molecular weight is 395 g/mol. The van der Waals surface area contributed by atoms with E-state index in [0.29, 0.717) is 16.5 Å². The number of fused-ring (bicyclic) bond motifs is 3. The van der Waals surface area contributed by atoms with E-state index < -0.39 is 46.1 Å². The van der Waals surface area contributed by atoms with Gasteiger partial charge in [-0.15, -0.1) is 0 Å². The largest absolute Gasteiger partial charge is 0.510 e. The molecule has 0 aromatic heterocycles. The summed E-state index contributed by atoms with van der Waals surface area (Å²) in [7, 11) is 0. The lowest BCUT2D eigenvalue weighted by Gasteiger charge is -2.46. The van der Waals surface area contributed by atoms with E-state index in [1.165, 1.54) is 13.0 Å². The molecule has 2 aliphatic carbocycles. The Balaban J connectivity index is 2.10. The van der Waals surface area contributed by atoms with Crippen LogP contribution in [0.25, 0.3) is 10.8 Å². The first-order chi connectivity index (χ1) is 13.5. The maximum absolute atomic E-state index is 13.6. The smallest absolute Gasteiger partial charge is 0.186 e. The van der Waals surface area contributed by atoms with Gasteiger partial charge in [-0.25, -0.2) is 0 Å². The summed E-state index contributed by atoms with van der Waals surface area (Å²) >= 11 is 0. The van der Waals surface area contributed by atoms with E-state index in [-0.39, 0.29) is 28.9 Å². The zero-order valence-corrected chi connectivity index (χ0v) is 16.2. The lowest BCUT2D eigenvalue weighted by molar-refractivity contribution is -0.124. The van der Waals surface area contributed by atoms with Gasteiger partial charge >= 0.3 is 0 Å². The monoisotopic (exact) mass is 395 g/mol. The van der Waals surface area contributed by atoms with E-state index in [1.807, 2.05) is 0 Å². The highest BCUT2D eigenvalue weighted by Gasteiger charge is 2.58. The number of aliphatic hydroxyl groups excluding tert-OH is 1. The van der Waals surface area contributed by atoms with Crippen LogP contribution in [-0.4, -0.2) is 38.7 Å². The van der Waals surface area contributed by atoms with Crippen molar-refractivity contribution in [3.8, 4) is 11.5 Å². The molecule has 2 aromatic rings. The predicted octanol–water partition coefficient (Wildman–Crippen LogP) is 2.23. The Morgan fingerprint density at radius 3 is 2.48 bits per heavy atom. The molecule has 0 amide bonds. The van der Waals surface area contributed by atoms with E-state index in [4.69, 9.17) is 5.73 Å². The number of hydrogen-bond acceptors (Lipinski definition) is 7. The van der Waals surface area contributed by atoms with E-state index in [0.717, 1.165) is 6.92 Å². The Morgan fingerprint density at radius 1 is 1.21 bits per heavy atom. The molecule has 0 spiro atoms. The standard InChI is InChI=1S/C22H21NO6/c1-8-10-5-4-6-13(25)15(10)18(26)16-11(8)7-12-17(23)19(27)14(9(2)24)20(28)22(12,3)21(16)29/h4-6,12,17,25-26,28H,7,23H2,1-3H3/t12?,17-,22?/m1/s1. The molecular formula is C22H21NO6. The van der Waals surface area contributed by atoms with Crippen LogP contribution >= 0.6 is 0 Å². The van der Waals surface area contributed by atoms with Gasteiger partial charge in [0.25, 0.3) is 0 Å². The maximum Gasteiger partial charge on any atom is 0.186 e. The summed E-state index contributed by atoms with van der Waals surface area (Å²) in [6.45, 7) is 4.34. The Morgan fingerprint density at radius 2 is 1.86 bits per heavy atom. The predicted molar refractivity (Wildman–Crippen MR) is 105 cm³/mol. The fourth-order valence-electron chi connectivity index (χ4n) is 4.91. The molecular weight excluding hydrogens is 374 g/mol. The number of ketones is 3. The van der Waals surface area contributed by atoms with E-state index in [1.54, 1.807) is 19.1 Å². The van der Waals surface area contributed by atoms with E-state index in [9.17, 15) is 29.7 Å². The molecule has 5 N–H and O–H groups in total. The summed E-state index contributed by atoms with van der Waals surface area (Å²) in [6, 6.07) is 3.62. The zero-order chi connectivity index (χ0) is 21.4. The topological polar surface area (TPSA) is 138 Å². The number of allylic oxidation sites excluding steroid dienone is 1. The molecule has 0 fully saturated rings. The van der Waals surface area contributed by atoms with Crippen LogP contribution in [0, 0.1) is 18.3 Å². The maximum atomic E-state index is 13.6. The SMILES string of the molecule is CC(=O)C1=C(O)C2(C)C(=O)c3c(c(C)c4cccc(O)c4c3O)CC2[C@@H](N)C1=O. The quantitative estimate of drug-likeness (QED) is 0.543. The molecule has 4 rings (SSSR count). The van der Waals surface area contributed by atoms with Crippen molar-refractivity contribution in [2.24, 2.45) is 17.1 Å². The number of Topliss-reactive ketones (excluding diaryl/α,β-unsaturated/α-hetero) is 3. The number of carbonyl (C=O) groups excluding carboxylic acids is 3. The number of aromatic hydroxyl groups is 2. The van der Waals surface area contributed by atoms with Crippen molar-refractivity contribution in [1.82, 2.24) is 0 Å². The fraction of sp³-hybridized carbons (Fsp3) is 0.318. The van der Waals surface area contributed by atoms with Crippen LogP contribution < -0.4 is 5.73 Å². The van der Waals surface area contributed by atoms with Gasteiger partial charge in [-0.2, -0.15) is 0 Å². The van der Waals surface area contributed by atoms with Gasteiger partial charge in [0.2, 0.25) is 0 Å². The first-order valence-corrected chi connectivity index (χ1v) is 9.28. The summed E-state index contributed by atoms with van der Waals surface area (Å²) in [5.74, 6) is -3.92. The lowest BCUT2D eigenvalue weighted by atomic mass is 9.56. The van der Waals surface area contributed by atoms with Crippen LogP contribution in [0.1, 0.15) is 35.3 Å². The highest BCUT2D eigenvalue weighted by atomic mass is 16.3. The van der Waals surface area contributed by atoms with E-state index >= 15 is 0 Å². The van der Waals surface area contributed by atoms with Gasteiger partial charge in [0.15, 0.2) is 17.3 Å². The molecule has 0 aliphatic heterocycles. The van der Waals surface area contributed by atoms with Crippen LogP contribution in [-0.2, 0) is 16.0 Å². The molecule has 3 atom stereocenters. The van der Waals surface area contributed by atoms with Crippen molar-refractivity contribution in [3.63, 3.8) is 0 Å². The Kier molecular flexibility index (Phi) is 3.90. The third kappa shape index (κ3) is 2.19. The minimum absolute atomic E-state index is 0.0220. The van der Waals surface area contributed by atoms with Gasteiger partial charge < -0.3 is 21.1 Å². The third-order valence-electron chi connectivity index (χ3n) is 6.60. The Bertz CT molecular complexity index is 1180. The lowest BCUT2D eigenvalue weighted by Crippen LogP contribution is -2.58. The molecule has 0 heterocycles. The summed E-state index contributed by atoms with van der Waals surface area (Å²) in [5, 5.41) is 32.7. The second kappa shape index (κ2) is 5.90. The Hall–Kier alpha value is -3.19. The molecule has 29 heavy (non-hydrogen) atoms. The highest BCUT2D eigenvalue weighted by molar-refractivity contribution is 6.24. The Labute approximate surface area is 166 Å². The van der Waals surface area contributed by atoms with Gasteiger partial charge in [0.1, 0.15) is 22.8 Å². The molecule has 2 aliphatic rings. The summed E-state index contributed by atoms with van der Waals surface area (Å²) < 4.78 is 0. The van der Waals surface area contributed by atoms with Gasteiger partial charge in [-0.05, 0) is 49.8 Å². The van der Waals surface area contributed by atoms with Crippen molar-refractivity contribution < 1.29 is 29.7 Å². The number of carbonyl (C=O) groups is 3. The van der Waals surface area contributed by atoms with Gasteiger partial charge in [0.05, 0.1) is 22.4 Å². The van der Waals surface area contributed by atoms with Crippen LogP contribution in [0.15, 0.2) is 29.5 Å². The van der Waals surface area contributed by atoms with Crippen molar-refractivity contribution in [3.05, 3.63) is 46.2 Å². The van der Waals surface area contributed by atoms with Gasteiger partial charge in [0, 0.05) is 5.92 Å². The number of phenolic OH excluding ortho intramolecular Hbond substituents is 2. The first-order valence-electron chi connectivity index (χ1n) is 9.28. The molecule has 0 bridgehead atoms. The van der Waals surface area contributed by atoms with Crippen LogP contribution in [0.4, 0.5) is 0 Å². The zero-order valence-electron chi connectivity index (χ0n) is 16.2. The minimum atomic E-state index is -1.64. The number of aryl methyl sites for hydroxylation is 1. The molecule has 2 unspecified atom stereocenters. The summed E-state index contributed by atoms with van der Waals surface area (Å²) in [6.07, 6.45) is 0.157. The minimum Gasteiger partial charge on any atom is -0.510 e. The molecule has 0 saturated heterocycles. The number of nitrogens with two attached hydrogens (primary N) is 1. The number of phenols is 2. The third-order valence-corrected chi connectivity index (χ3v) is 6.60. The highest BCUT2D eigenvalue weighted by Crippen LogP contribution is 2.53. The second-order valence-electron chi connectivity index (χ2n) is 8.04. The van der Waals surface area contributed by atoms with Crippen molar-refractivity contribution in [2.75, 3.05) is 0 Å². The number of hydrogen-bond donors (Lipinski definition) is 4. The molecule has 150 valence electrons. The molecule has 0 radical (unpaired) electrons. The molecule has 0 saturated carbocycles. The van der Waals surface area contributed by atoms with Gasteiger partial charge in [-0.1, -0.05) is 12.1 Å². The van der Waals surface area contributed by atoms with Crippen LogP contribution in [0.5, 0.6) is 11.5 Å². The fourth-order valence-corrected chi connectivity index (χ4v) is 4.91. The van der Waals surface area contributed by atoms with Crippen molar-refractivity contribution in [1.29, 1.82) is 0 Å².